The molecule has 0 aromatic heterocycles. The Bertz CT molecular complexity index is 638. The third-order valence-electron chi connectivity index (χ3n) is 4.72. The first-order valence-corrected chi connectivity index (χ1v) is 8.88. The molecular weight excluding hydrogens is 314 g/mol. The summed E-state index contributed by atoms with van der Waals surface area (Å²) in [5.41, 5.74) is 1.57. The number of piperazine rings is 2. The fourth-order valence-electron chi connectivity index (χ4n) is 3.24. The fraction of sp³-hybridized carbons (Fsp3) is 0.474. The van der Waals surface area contributed by atoms with Crippen LogP contribution in [0.25, 0.3) is 0 Å². The number of carbonyl (C=O) groups excluding carboxylic acids is 1. The van der Waals surface area contributed by atoms with Crippen LogP contribution in [0.5, 0.6) is 0 Å². The summed E-state index contributed by atoms with van der Waals surface area (Å²) in [6.07, 6.45) is 1.75. The first-order valence-electron chi connectivity index (χ1n) is 8.88. The molecule has 1 amide bonds. The first-order chi connectivity index (χ1) is 12.3. The molecule has 25 heavy (non-hydrogen) atoms. The number of nitrogens with zero attached hydrogens (tertiary/aromatic N) is 4. The van der Waals surface area contributed by atoms with Crippen LogP contribution in [-0.2, 0) is 11.3 Å². The normalized spacial score (nSPS) is 19.6. The predicted octanol–water partition coefficient (Wildman–Crippen LogP) is 0.643. The summed E-state index contributed by atoms with van der Waals surface area (Å²) in [5, 5.41) is 12.6. The molecule has 1 aromatic carbocycles. The highest BCUT2D eigenvalue weighted by Crippen LogP contribution is 2.11. The zero-order valence-corrected chi connectivity index (χ0v) is 14.5. The molecule has 2 fully saturated rings. The first kappa shape index (κ1) is 17.5. The number of nitrogens with one attached hydrogen (secondary N) is 1. The van der Waals surface area contributed by atoms with Crippen LogP contribution in [0.4, 0.5) is 0 Å². The Morgan fingerprint density at radius 2 is 1.76 bits per heavy atom. The zero-order valence-electron chi connectivity index (χ0n) is 14.5. The maximum atomic E-state index is 12.5. The van der Waals surface area contributed by atoms with E-state index in [9.17, 15) is 10.1 Å². The van der Waals surface area contributed by atoms with Gasteiger partial charge in [0, 0.05) is 65.1 Å². The molecule has 2 heterocycles. The Labute approximate surface area is 149 Å². The van der Waals surface area contributed by atoms with E-state index in [4.69, 9.17) is 0 Å². The van der Waals surface area contributed by atoms with E-state index in [1.807, 2.05) is 6.07 Å². The van der Waals surface area contributed by atoms with Crippen molar-refractivity contribution in [1.29, 1.82) is 5.26 Å². The Hall–Kier alpha value is -2.36. The van der Waals surface area contributed by atoms with Gasteiger partial charge in [-0.15, -0.1) is 0 Å². The highest BCUT2D eigenvalue weighted by molar-refractivity contribution is 5.97. The molecular formula is C19H25N5O. The third-order valence-corrected chi connectivity index (χ3v) is 4.72. The van der Waals surface area contributed by atoms with Crippen molar-refractivity contribution < 1.29 is 4.79 Å². The smallest absolute Gasteiger partial charge is 0.266 e. The lowest BCUT2D eigenvalue weighted by Gasteiger charge is -2.34. The Morgan fingerprint density at radius 1 is 1.08 bits per heavy atom. The largest absolute Gasteiger partial charge is 0.374 e. The Kier molecular flexibility index (Phi) is 6.04. The number of hydrogen-bond acceptors (Lipinski definition) is 5. The van der Waals surface area contributed by atoms with Gasteiger partial charge in [-0.3, -0.25) is 9.69 Å². The number of rotatable bonds is 4. The van der Waals surface area contributed by atoms with Gasteiger partial charge >= 0.3 is 0 Å². The Balaban J connectivity index is 1.53. The summed E-state index contributed by atoms with van der Waals surface area (Å²) in [7, 11) is 0. The molecule has 0 saturated carbocycles. The molecule has 1 N–H and O–H groups in total. The van der Waals surface area contributed by atoms with Gasteiger partial charge in [-0.05, 0) is 5.56 Å². The van der Waals surface area contributed by atoms with E-state index in [1.54, 1.807) is 11.1 Å². The van der Waals surface area contributed by atoms with E-state index in [1.165, 1.54) is 5.56 Å². The monoisotopic (exact) mass is 339 g/mol. The molecule has 1 aromatic rings. The van der Waals surface area contributed by atoms with Crippen LogP contribution in [0.1, 0.15) is 5.56 Å². The molecule has 0 atom stereocenters. The molecule has 0 aliphatic carbocycles. The lowest BCUT2D eigenvalue weighted by atomic mass is 10.2. The molecule has 0 unspecified atom stereocenters. The van der Waals surface area contributed by atoms with Crippen LogP contribution < -0.4 is 5.32 Å². The summed E-state index contributed by atoms with van der Waals surface area (Å²) in [5.74, 6) is -0.143. The minimum atomic E-state index is -0.143. The molecule has 6 nitrogen and oxygen atoms in total. The van der Waals surface area contributed by atoms with Crippen molar-refractivity contribution in [2.45, 2.75) is 6.54 Å². The molecule has 0 bridgehead atoms. The highest BCUT2D eigenvalue weighted by Gasteiger charge is 2.22. The van der Waals surface area contributed by atoms with Crippen molar-refractivity contribution in [3.63, 3.8) is 0 Å². The quantitative estimate of drug-likeness (QED) is 0.644. The van der Waals surface area contributed by atoms with Crippen LogP contribution in [0.3, 0.4) is 0 Å². The van der Waals surface area contributed by atoms with Crippen molar-refractivity contribution in [3.8, 4) is 6.07 Å². The Morgan fingerprint density at radius 3 is 2.40 bits per heavy atom. The van der Waals surface area contributed by atoms with Crippen molar-refractivity contribution in [2.24, 2.45) is 0 Å². The van der Waals surface area contributed by atoms with Crippen molar-refractivity contribution in [2.75, 3.05) is 52.4 Å². The van der Waals surface area contributed by atoms with Crippen LogP contribution in [0.15, 0.2) is 42.1 Å². The van der Waals surface area contributed by atoms with E-state index >= 15 is 0 Å². The van der Waals surface area contributed by atoms with Gasteiger partial charge in [-0.2, -0.15) is 5.26 Å². The van der Waals surface area contributed by atoms with E-state index in [0.717, 1.165) is 45.8 Å². The number of nitriles is 1. The van der Waals surface area contributed by atoms with Crippen molar-refractivity contribution >= 4 is 5.91 Å². The standard InChI is InChI=1S/C19H25N5O/c20-14-18(19(25)24-8-6-21-7-9-24)16-23-12-10-22(11-13-23)15-17-4-2-1-3-5-17/h1-5,16,21H,6-13,15H2/b18-16-. The minimum Gasteiger partial charge on any atom is -0.374 e. The summed E-state index contributed by atoms with van der Waals surface area (Å²) in [6.45, 7) is 7.43. The highest BCUT2D eigenvalue weighted by atomic mass is 16.2. The van der Waals surface area contributed by atoms with Gasteiger partial charge in [0.25, 0.3) is 5.91 Å². The molecule has 132 valence electrons. The SMILES string of the molecule is N#C/C(=C/N1CCN(Cc2ccccc2)CC1)C(=O)N1CCNCC1. The van der Waals surface area contributed by atoms with Gasteiger partial charge in [0.2, 0.25) is 0 Å². The van der Waals surface area contributed by atoms with Gasteiger partial charge < -0.3 is 15.1 Å². The third kappa shape index (κ3) is 4.81. The van der Waals surface area contributed by atoms with Crippen LogP contribution in [-0.4, -0.2) is 73.0 Å². The zero-order chi connectivity index (χ0) is 17.5. The average Bonchev–Trinajstić information content (AvgIpc) is 2.68. The molecule has 0 radical (unpaired) electrons. The summed E-state index contributed by atoms with van der Waals surface area (Å²) >= 11 is 0. The second kappa shape index (κ2) is 8.65. The van der Waals surface area contributed by atoms with Crippen LogP contribution >= 0.6 is 0 Å². The summed E-state index contributed by atoms with van der Waals surface area (Å²) in [4.78, 5) is 18.7. The number of amides is 1. The maximum Gasteiger partial charge on any atom is 0.266 e. The second-order valence-electron chi connectivity index (χ2n) is 6.49. The van der Waals surface area contributed by atoms with Gasteiger partial charge in [-0.25, -0.2) is 0 Å². The fourth-order valence-corrected chi connectivity index (χ4v) is 3.24. The lowest BCUT2D eigenvalue weighted by Crippen LogP contribution is -2.47. The number of benzene rings is 1. The number of hydrogen-bond donors (Lipinski definition) is 1. The number of carbonyl (C=O) groups is 1. The summed E-state index contributed by atoms with van der Waals surface area (Å²) in [6, 6.07) is 12.5. The van der Waals surface area contributed by atoms with Gasteiger partial charge in [0.15, 0.2) is 0 Å². The van der Waals surface area contributed by atoms with Crippen molar-refractivity contribution in [3.05, 3.63) is 47.7 Å². The second-order valence-corrected chi connectivity index (χ2v) is 6.49. The van der Waals surface area contributed by atoms with Gasteiger partial charge in [-0.1, -0.05) is 30.3 Å². The van der Waals surface area contributed by atoms with E-state index < -0.39 is 0 Å². The van der Waals surface area contributed by atoms with Crippen LogP contribution in [0.2, 0.25) is 0 Å². The molecule has 3 rings (SSSR count). The molecule has 2 aliphatic heterocycles. The minimum absolute atomic E-state index is 0.143. The van der Waals surface area contributed by atoms with E-state index in [0.29, 0.717) is 13.1 Å². The van der Waals surface area contributed by atoms with E-state index in [-0.39, 0.29) is 11.5 Å². The average molecular weight is 339 g/mol. The topological polar surface area (TPSA) is 62.6 Å². The van der Waals surface area contributed by atoms with Crippen molar-refractivity contribution in [1.82, 2.24) is 20.0 Å². The lowest BCUT2D eigenvalue weighted by molar-refractivity contribution is -0.127. The maximum absolute atomic E-state index is 12.5. The summed E-state index contributed by atoms with van der Waals surface area (Å²) < 4.78 is 0. The molecule has 6 heteroatoms. The molecule has 0 spiro atoms. The predicted molar refractivity (Wildman–Crippen MR) is 96.4 cm³/mol. The molecule has 2 aliphatic rings. The van der Waals surface area contributed by atoms with Gasteiger partial charge in [0.05, 0.1) is 0 Å². The van der Waals surface area contributed by atoms with Crippen LogP contribution in [0, 0.1) is 11.3 Å². The molecule has 2 saturated heterocycles. The van der Waals surface area contributed by atoms with Gasteiger partial charge in [0.1, 0.15) is 11.6 Å². The van der Waals surface area contributed by atoms with E-state index in [2.05, 4.69) is 45.5 Å².